The minimum Gasteiger partial charge on any atom is -0.330 e. The Morgan fingerprint density at radius 1 is 1.53 bits per heavy atom. The summed E-state index contributed by atoms with van der Waals surface area (Å²) in [6.07, 6.45) is 6.61. The quantitative estimate of drug-likeness (QED) is 0.802. The van der Waals surface area contributed by atoms with E-state index in [4.69, 9.17) is 5.73 Å². The third-order valence-corrected chi connectivity index (χ3v) is 3.58. The van der Waals surface area contributed by atoms with E-state index in [1.54, 1.807) is 6.33 Å². The van der Waals surface area contributed by atoms with Crippen molar-refractivity contribution in [1.29, 1.82) is 0 Å². The van der Waals surface area contributed by atoms with Gasteiger partial charge in [0.15, 0.2) is 0 Å². The Labute approximate surface area is 103 Å². The molecule has 1 aromatic rings. The predicted molar refractivity (Wildman–Crippen MR) is 67.4 cm³/mol. The molecule has 1 unspecified atom stereocenters. The summed E-state index contributed by atoms with van der Waals surface area (Å²) in [6, 6.07) is 0.695. The normalized spacial score (nSPS) is 21.2. The van der Waals surface area contributed by atoms with Crippen molar-refractivity contribution >= 4 is 0 Å². The average molecular weight is 237 g/mol. The minimum absolute atomic E-state index is 0.695. The predicted octanol–water partition coefficient (Wildman–Crippen LogP) is 1.00. The molecule has 0 bridgehead atoms. The molecule has 2 rings (SSSR count). The van der Waals surface area contributed by atoms with E-state index in [2.05, 4.69) is 21.9 Å². The third kappa shape index (κ3) is 3.04. The van der Waals surface area contributed by atoms with Crippen molar-refractivity contribution < 1.29 is 0 Å². The average Bonchev–Trinajstić information content (AvgIpc) is 2.96. The van der Waals surface area contributed by atoms with Crippen LogP contribution >= 0.6 is 0 Å². The maximum Gasteiger partial charge on any atom is 0.141 e. The molecule has 1 saturated heterocycles. The monoisotopic (exact) mass is 237 g/mol. The van der Waals surface area contributed by atoms with Gasteiger partial charge < -0.3 is 5.73 Å². The molecule has 0 saturated carbocycles. The third-order valence-electron chi connectivity index (χ3n) is 3.58. The first-order valence-corrected chi connectivity index (χ1v) is 6.66. The second-order valence-electron chi connectivity index (χ2n) is 4.69. The summed E-state index contributed by atoms with van der Waals surface area (Å²) in [5, 5.41) is 4.22. The number of aryl methyl sites for hydroxylation is 1. The Kier molecular flexibility index (Phi) is 4.50. The van der Waals surface area contributed by atoms with E-state index in [-0.39, 0.29) is 0 Å². The molecule has 1 atom stereocenters. The highest BCUT2D eigenvalue weighted by Gasteiger charge is 2.25. The zero-order valence-corrected chi connectivity index (χ0v) is 10.7. The largest absolute Gasteiger partial charge is 0.330 e. The molecule has 2 N–H and O–H groups in total. The van der Waals surface area contributed by atoms with Gasteiger partial charge in [-0.3, -0.25) is 4.90 Å². The Balaban J connectivity index is 1.93. The number of rotatable bonds is 6. The van der Waals surface area contributed by atoms with Crippen molar-refractivity contribution in [3.8, 4) is 0 Å². The van der Waals surface area contributed by atoms with Crippen molar-refractivity contribution in [1.82, 2.24) is 19.7 Å². The number of nitrogens with zero attached hydrogens (tertiary/aromatic N) is 4. The molecule has 0 aliphatic carbocycles. The van der Waals surface area contributed by atoms with E-state index >= 15 is 0 Å². The molecule has 1 aliphatic heterocycles. The molecule has 2 heterocycles. The van der Waals surface area contributed by atoms with Crippen molar-refractivity contribution in [2.75, 3.05) is 13.1 Å². The number of likely N-dealkylation sites (tertiary alicyclic amines) is 1. The first kappa shape index (κ1) is 12.5. The lowest BCUT2D eigenvalue weighted by atomic mass is 10.1. The smallest absolute Gasteiger partial charge is 0.141 e. The van der Waals surface area contributed by atoms with Crippen LogP contribution in [0.2, 0.25) is 0 Å². The molecule has 1 aromatic heterocycles. The molecule has 1 fully saturated rings. The SMILES string of the molecule is CCn1ncnc1CN1CCCC1CCCN. The van der Waals surface area contributed by atoms with Crippen molar-refractivity contribution in [2.45, 2.75) is 51.7 Å². The van der Waals surface area contributed by atoms with Gasteiger partial charge in [-0.15, -0.1) is 0 Å². The number of nitrogens with two attached hydrogens (primary N) is 1. The van der Waals surface area contributed by atoms with Crippen molar-refractivity contribution in [3.05, 3.63) is 12.2 Å². The van der Waals surface area contributed by atoms with Crippen LogP contribution in [0.1, 0.15) is 38.4 Å². The molecule has 0 radical (unpaired) electrons. The molecule has 0 aromatic carbocycles. The van der Waals surface area contributed by atoms with Crippen molar-refractivity contribution in [3.63, 3.8) is 0 Å². The summed E-state index contributed by atoms with van der Waals surface area (Å²) in [5.41, 5.74) is 5.59. The van der Waals surface area contributed by atoms with Gasteiger partial charge in [0.25, 0.3) is 0 Å². The van der Waals surface area contributed by atoms with Gasteiger partial charge in [-0.2, -0.15) is 5.10 Å². The van der Waals surface area contributed by atoms with Crippen LogP contribution in [-0.2, 0) is 13.1 Å². The van der Waals surface area contributed by atoms with Crippen LogP contribution in [0.15, 0.2) is 6.33 Å². The molecule has 96 valence electrons. The van der Waals surface area contributed by atoms with Gasteiger partial charge >= 0.3 is 0 Å². The molecule has 1 aliphatic rings. The van der Waals surface area contributed by atoms with E-state index in [9.17, 15) is 0 Å². The fraction of sp³-hybridized carbons (Fsp3) is 0.833. The fourth-order valence-corrected chi connectivity index (χ4v) is 2.64. The van der Waals surface area contributed by atoms with Gasteiger partial charge in [-0.25, -0.2) is 9.67 Å². The van der Waals surface area contributed by atoms with Gasteiger partial charge in [0.2, 0.25) is 0 Å². The van der Waals surface area contributed by atoms with Crippen LogP contribution < -0.4 is 5.73 Å². The molecular formula is C12H23N5. The van der Waals surface area contributed by atoms with Gasteiger partial charge in [0.05, 0.1) is 6.54 Å². The first-order chi connectivity index (χ1) is 8.35. The highest BCUT2D eigenvalue weighted by atomic mass is 15.3. The zero-order valence-electron chi connectivity index (χ0n) is 10.7. The van der Waals surface area contributed by atoms with E-state index in [1.165, 1.54) is 25.8 Å². The first-order valence-electron chi connectivity index (χ1n) is 6.66. The van der Waals surface area contributed by atoms with Gasteiger partial charge in [-0.05, 0) is 45.7 Å². The zero-order chi connectivity index (χ0) is 12.1. The lowest BCUT2D eigenvalue weighted by Gasteiger charge is -2.23. The highest BCUT2D eigenvalue weighted by Crippen LogP contribution is 2.22. The van der Waals surface area contributed by atoms with Crippen LogP contribution in [0.5, 0.6) is 0 Å². The molecular weight excluding hydrogens is 214 g/mol. The lowest BCUT2D eigenvalue weighted by molar-refractivity contribution is 0.223. The summed E-state index contributed by atoms with van der Waals surface area (Å²) in [6.45, 7) is 5.93. The number of aromatic nitrogens is 3. The van der Waals surface area contributed by atoms with Crippen LogP contribution in [0.4, 0.5) is 0 Å². The lowest BCUT2D eigenvalue weighted by Crippen LogP contribution is -2.30. The van der Waals surface area contributed by atoms with E-state index in [0.29, 0.717) is 6.04 Å². The second kappa shape index (κ2) is 6.12. The maximum atomic E-state index is 5.59. The summed E-state index contributed by atoms with van der Waals surface area (Å²) in [4.78, 5) is 6.88. The Hall–Kier alpha value is -0.940. The van der Waals surface area contributed by atoms with E-state index in [0.717, 1.165) is 31.9 Å². The van der Waals surface area contributed by atoms with Gasteiger partial charge in [0, 0.05) is 12.6 Å². The molecule has 17 heavy (non-hydrogen) atoms. The fourth-order valence-electron chi connectivity index (χ4n) is 2.64. The minimum atomic E-state index is 0.695. The molecule has 5 nitrogen and oxygen atoms in total. The van der Waals surface area contributed by atoms with Gasteiger partial charge in [0.1, 0.15) is 12.2 Å². The number of hydrogen-bond donors (Lipinski definition) is 1. The van der Waals surface area contributed by atoms with Crippen LogP contribution in [0.3, 0.4) is 0 Å². The topological polar surface area (TPSA) is 60.0 Å². The maximum absolute atomic E-state index is 5.59. The summed E-state index contributed by atoms with van der Waals surface area (Å²) in [5.74, 6) is 1.09. The van der Waals surface area contributed by atoms with Crippen LogP contribution in [0, 0.1) is 0 Å². The summed E-state index contributed by atoms with van der Waals surface area (Å²) >= 11 is 0. The van der Waals surface area contributed by atoms with E-state index < -0.39 is 0 Å². The Morgan fingerprint density at radius 3 is 3.18 bits per heavy atom. The van der Waals surface area contributed by atoms with E-state index in [1.807, 2.05) is 4.68 Å². The highest BCUT2D eigenvalue weighted by molar-refractivity contribution is 4.89. The summed E-state index contributed by atoms with van der Waals surface area (Å²) in [7, 11) is 0. The Bertz CT molecular complexity index is 335. The molecule has 0 amide bonds. The van der Waals surface area contributed by atoms with Crippen LogP contribution in [0.25, 0.3) is 0 Å². The molecule has 5 heteroatoms. The molecule has 0 spiro atoms. The van der Waals surface area contributed by atoms with Crippen LogP contribution in [-0.4, -0.2) is 38.8 Å². The standard InChI is InChI=1S/C12H23N5/c1-2-17-12(14-10-15-17)9-16-8-4-6-11(16)5-3-7-13/h10-11H,2-9,13H2,1H3. The van der Waals surface area contributed by atoms with Gasteiger partial charge in [-0.1, -0.05) is 0 Å². The Morgan fingerprint density at radius 2 is 2.41 bits per heavy atom. The van der Waals surface area contributed by atoms with Crippen molar-refractivity contribution in [2.24, 2.45) is 5.73 Å². The summed E-state index contributed by atoms with van der Waals surface area (Å²) < 4.78 is 1.98. The second-order valence-corrected chi connectivity index (χ2v) is 4.69. The number of hydrogen-bond acceptors (Lipinski definition) is 4.